The van der Waals surface area contributed by atoms with Crippen molar-refractivity contribution in [1.82, 2.24) is 15.2 Å². The summed E-state index contributed by atoms with van der Waals surface area (Å²) in [5.41, 5.74) is 3.66. The first-order valence-corrected chi connectivity index (χ1v) is 9.35. The van der Waals surface area contributed by atoms with Crippen LogP contribution < -0.4 is 10.7 Å². The lowest BCUT2D eigenvalue weighted by atomic mass is 10.0. The van der Waals surface area contributed by atoms with Gasteiger partial charge in [-0.3, -0.25) is 9.89 Å². The van der Waals surface area contributed by atoms with Crippen LogP contribution in [0.2, 0.25) is 0 Å². The third-order valence-electron chi connectivity index (χ3n) is 5.08. The summed E-state index contributed by atoms with van der Waals surface area (Å²) in [6.45, 7) is 2.06. The van der Waals surface area contributed by atoms with Crippen molar-refractivity contribution >= 4 is 27.7 Å². The molecule has 2 aromatic carbocycles. The number of hydrogen-bond donors (Lipinski definition) is 2. The second kappa shape index (κ2) is 6.91. The first-order chi connectivity index (χ1) is 14.2. The fourth-order valence-electron chi connectivity index (χ4n) is 3.46. The Morgan fingerprint density at radius 3 is 2.79 bits per heavy atom. The van der Waals surface area contributed by atoms with E-state index in [4.69, 9.17) is 4.42 Å². The minimum atomic E-state index is -0.0945. The summed E-state index contributed by atoms with van der Waals surface area (Å²) in [5.74, 6) is 0.627. The second-order valence-electron chi connectivity index (χ2n) is 6.99. The highest BCUT2D eigenvalue weighted by molar-refractivity contribution is 5.87. The number of fused-ring (bicyclic) bond motifs is 2. The van der Waals surface area contributed by atoms with Crippen LogP contribution in [0.25, 0.3) is 33.0 Å². The van der Waals surface area contributed by atoms with E-state index >= 15 is 0 Å². The van der Waals surface area contributed by atoms with Crippen LogP contribution in [0.3, 0.4) is 0 Å². The molecule has 3 aromatic heterocycles. The Bertz CT molecular complexity index is 1370. The molecule has 0 aliphatic heterocycles. The van der Waals surface area contributed by atoms with E-state index in [1.165, 1.54) is 6.26 Å². The molecule has 2 N–H and O–H groups in total. The number of anilines is 1. The zero-order valence-electron chi connectivity index (χ0n) is 15.7. The summed E-state index contributed by atoms with van der Waals surface area (Å²) in [7, 11) is 0. The first kappa shape index (κ1) is 17.2. The van der Waals surface area contributed by atoms with Crippen molar-refractivity contribution < 1.29 is 4.42 Å². The molecule has 0 radical (unpaired) electrons. The second-order valence-corrected chi connectivity index (χ2v) is 6.99. The van der Waals surface area contributed by atoms with Crippen LogP contribution in [-0.4, -0.2) is 15.2 Å². The fourth-order valence-corrected chi connectivity index (χ4v) is 3.46. The number of nitrogens with one attached hydrogen (secondary N) is 2. The monoisotopic (exact) mass is 382 g/mol. The maximum atomic E-state index is 13.2. The average molecular weight is 382 g/mol. The number of H-pyrrole nitrogens is 1. The molecular weight excluding hydrogens is 364 g/mol. The van der Waals surface area contributed by atoms with E-state index in [-0.39, 0.29) is 11.5 Å². The number of rotatable bonds is 4. The standard InChI is InChI=1S/C23H18N4O2/c1-14(15-5-3-2-4-6-15)26-22-10-18-21(12-24-22)29-13-19(23(18)28)16-7-8-17-11-25-27-20(17)9-16/h2-14H,1H3,(H,24,26)(H,25,27)/t14-/m0/s1. The maximum absolute atomic E-state index is 13.2. The number of benzene rings is 2. The van der Waals surface area contributed by atoms with Crippen molar-refractivity contribution in [2.45, 2.75) is 13.0 Å². The van der Waals surface area contributed by atoms with Gasteiger partial charge in [0.2, 0.25) is 5.43 Å². The number of aromatic amines is 1. The summed E-state index contributed by atoms with van der Waals surface area (Å²) < 4.78 is 5.70. The van der Waals surface area contributed by atoms with E-state index < -0.39 is 0 Å². The van der Waals surface area contributed by atoms with E-state index in [1.54, 1.807) is 18.5 Å². The van der Waals surface area contributed by atoms with E-state index in [2.05, 4.69) is 39.6 Å². The van der Waals surface area contributed by atoms with Crippen molar-refractivity contribution in [3.05, 3.63) is 89.0 Å². The van der Waals surface area contributed by atoms with Gasteiger partial charge in [-0.2, -0.15) is 5.10 Å². The van der Waals surface area contributed by atoms with Gasteiger partial charge in [0.05, 0.1) is 28.9 Å². The lowest BCUT2D eigenvalue weighted by molar-refractivity contribution is 0.603. The first-order valence-electron chi connectivity index (χ1n) is 9.35. The predicted molar refractivity (Wildman–Crippen MR) is 114 cm³/mol. The zero-order chi connectivity index (χ0) is 19.8. The van der Waals surface area contributed by atoms with Crippen LogP contribution in [0, 0.1) is 0 Å². The highest BCUT2D eigenvalue weighted by Crippen LogP contribution is 2.25. The summed E-state index contributed by atoms with van der Waals surface area (Å²) in [6.07, 6.45) is 4.82. The summed E-state index contributed by atoms with van der Waals surface area (Å²) in [5, 5.41) is 11.8. The molecule has 3 heterocycles. The molecular formula is C23H18N4O2. The summed E-state index contributed by atoms with van der Waals surface area (Å²) in [4.78, 5) is 17.6. The van der Waals surface area contributed by atoms with Gasteiger partial charge in [0, 0.05) is 11.4 Å². The molecule has 0 saturated heterocycles. The Morgan fingerprint density at radius 2 is 1.93 bits per heavy atom. The molecule has 6 nitrogen and oxygen atoms in total. The molecule has 0 unspecified atom stereocenters. The van der Waals surface area contributed by atoms with Gasteiger partial charge in [-0.05, 0) is 30.2 Å². The van der Waals surface area contributed by atoms with Crippen molar-refractivity contribution in [2.24, 2.45) is 0 Å². The van der Waals surface area contributed by atoms with Crippen LogP contribution in [-0.2, 0) is 0 Å². The van der Waals surface area contributed by atoms with E-state index in [0.717, 1.165) is 22.0 Å². The number of hydrogen-bond acceptors (Lipinski definition) is 5. The Balaban J connectivity index is 1.54. The molecule has 5 rings (SSSR count). The highest BCUT2D eigenvalue weighted by Gasteiger charge is 2.13. The van der Waals surface area contributed by atoms with E-state index in [1.807, 2.05) is 36.4 Å². The molecule has 6 heteroatoms. The molecule has 1 atom stereocenters. The van der Waals surface area contributed by atoms with Crippen molar-refractivity contribution in [1.29, 1.82) is 0 Å². The third-order valence-corrected chi connectivity index (χ3v) is 5.08. The van der Waals surface area contributed by atoms with Gasteiger partial charge >= 0.3 is 0 Å². The fraction of sp³-hybridized carbons (Fsp3) is 0.0870. The quantitative estimate of drug-likeness (QED) is 0.462. The van der Waals surface area contributed by atoms with Gasteiger partial charge in [-0.15, -0.1) is 0 Å². The number of nitrogens with zero attached hydrogens (tertiary/aromatic N) is 2. The lowest BCUT2D eigenvalue weighted by Gasteiger charge is -2.15. The minimum absolute atomic E-state index is 0.0548. The van der Waals surface area contributed by atoms with E-state index in [0.29, 0.717) is 22.4 Å². The molecule has 5 aromatic rings. The summed E-state index contributed by atoms with van der Waals surface area (Å²) >= 11 is 0. The average Bonchev–Trinajstić information content (AvgIpc) is 3.23. The van der Waals surface area contributed by atoms with Crippen LogP contribution in [0.5, 0.6) is 0 Å². The SMILES string of the molecule is C[C@H](Nc1cc2c(=O)c(-c3ccc4cn[nH]c4c3)coc2cn1)c1ccccc1. The molecule has 0 amide bonds. The number of aromatic nitrogens is 3. The highest BCUT2D eigenvalue weighted by atomic mass is 16.3. The maximum Gasteiger partial charge on any atom is 0.200 e. The molecule has 29 heavy (non-hydrogen) atoms. The topological polar surface area (TPSA) is 83.8 Å². The van der Waals surface area contributed by atoms with Crippen LogP contribution in [0.15, 0.2) is 82.5 Å². The largest absolute Gasteiger partial charge is 0.462 e. The van der Waals surface area contributed by atoms with Crippen molar-refractivity contribution in [3.63, 3.8) is 0 Å². The van der Waals surface area contributed by atoms with Gasteiger partial charge < -0.3 is 9.73 Å². The molecule has 0 fully saturated rings. The Labute approximate surface area is 166 Å². The molecule has 0 aliphatic carbocycles. The smallest absolute Gasteiger partial charge is 0.200 e. The molecule has 0 aliphatic rings. The van der Waals surface area contributed by atoms with Crippen LogP contribution in [0.4, 0.5) is 5.82 Å². The van der Waals surface area contributed by atoms with Gasteiger partial charge in [-0.1, -0.05) is 42.5 Å². The third kappa shape index (κ3) is 3.14. The lowest BCUT2D eigenvalue weighted by Crippen LogP contribution is -2.10. The van der Waals surface area contributed by atoms with Gasteiger partial charge in [0.25, 0.3) is 0 Å². The predicted octanol–water partition coefficient (Wildman–Crippen LogP) is 4.90. The summed E-state index contributed by atoms with van der Waals surface area (Å²) in [6, 6.07) is 17.6. The Hall–Kier alpha value is -3.93. The minimum Gasteiger partial charge on any atom is -0.462 e. The Morgan fingerprint density at radius 1 is 1.07 bits per heavy atom. The van der Waals surface area contributed by atoms with Crippen molar-refractivity contribution in [3.8, 4) is 11.1 Å². The van der Waals surface area contributed by atoms with Crippen LogP contribution >= 0.6 is 0 Å². The van der Waals surface area contributed by atoms with Crippen LogP contribution in [0.1, 0.15) is 18.5 Å². The molecule has 142 valence electrons. The van der Waals surface area contributed by atoms with Gasteiger partial charge in [-0.25, -0.2) is 4.98 Å². The molecule has 0 bridgehead atoms. The van der Waals surface area contributed by atoms with Gasteiger partial charge in [0.1, 0.15) is 12.1 Å². The number of pyridine rings is 1. The normalized spacial score (nSPS) is 12.3. The van der Waals surface area contributed by atoms with Gasteiger partial charge in [0.15, 0.2) is 5.58 Å². The van der Waals surface area contributed by atoms with E-state index in [9.17, 15) is 4.79 Å². The van der Waals surface area contributed by atoms with Crippen molar-refractivity contribution in [2.75, 3.05) is 5.32 Å². The zero-order valence-corrected chi connectivity index (χ0v) is 15.7. The molecule has 0 spiro atoms. The molecule has 0 saturated carbocycles. The Kier molecular flexibility index (Phi) is 4.09.